The van der Waals surface area contributed by atoms with Gasteiger partial charge in [-0.15, -0.1) is 11.3 Å². The van der Waals surface area contributed by atoms with E-state index < -0.39 is 0 Å². The molecule has 2 amide bonds. The Labute approximate surface area is 185 Å². The van der Waals surface area contributed by atoms with E-state index >= 15 is 0 Å². The summed E-state index contributed by atoms with van der Waals surface area (Å²) in [7, 11) is 1.56. The van der Waals surface area contributed by atoms with E-state index in [0.717, 1.165) is 20.8 Å². The highest BCUT2D eigenvalue weighted by Crippen LogP contribution is 2.30. The second-order valence-electron chi connectivity index (χ2n) is 6.10. The van der Waals surface area contributed by atoms with Crippen molar-refractivity contribution < 1.29 is 14.3 Å². The van der Waals surface area contributed by atoms with Gasteiger partial charge in [0, 0.05) is 36.4 Å². The number of carbonyl (C=O) groups is 1. The summed E-state index contributed by atoms with van der Waals surface area (Å²) in [4.78, 5) is 21.1. The highest BCUT2D eigenvalue weighted by Gasteiger charge is 2.08. The van der Waals surface area contributed by atoms with Crippen LogP contribution in [0, 0.1) is 0 Å². The minimum Gasteiger partial charge on any atom is -0.468 e. The zero-order chi connectivity index (χ0) is 22.1. The lowest BCUT2D eigenvalue weighted by molar-refractivity contribution is 0.0511. The van der Waals surface area contributed by atoms with Crippen molar-refractivity contribution in [3.63, 3.8) is 0 Å². The number of methoxy groups -OCH3 is 1. The van der Waals surface area contributed by atoms with E-state index in [2.05, 4.69) is 20.6 Å². The molecule has 0 spiro atoms. The predicted molar refractivity (Wildman–Crippen MR) is 126 cm³/mol. The number of hydrogen-bond acceptors (Lipinski definition) is 6. The third kappa shape index (κ3) is 6.00. The van der Waals surface area contributed by atoms with Crippen LogP contribution in [0.4, 0.5) is 16.2 Å². The Balaban J connectivity index is 0.00000132. The van der Waals surface area contributed by atoms with Gasteiger partial charge in [0.1, 0.15) is 10.8 Å². The van der Waals surface area contributed by atoms with Crippen LogP contribution in [0.25, 0.3) is 20.8 Å². The predicted octanol–water partition coefficient (Wildman–Crippen LogP) is 6.01. The fourth-order valence-corrected chi connectivity index (χ4v) is 3.62. The normalized spacial score (nSPS) is 10.2. The van der Waals surface area contributed by atoms with Crippen LogP contribution in [-0.2, 0) is 4.74 Å². The molecule has 4 rings (SSSR count). The van der Waals surface area contributed by atoms with Crippen molar-refractivity contribution in [2.45, 2.75) is 13.8 Å². The van der Waals surface area contributed by atoms with Gasteiger partial charge in [0.15, 0.2) is 6.79 Å². The molecule has 160 valence electrons. The molecule has 0 saturated carbocycles. The maximum absolute atomic E-state index is 12.3. The molecular formula is C23H24N4O3S. The number of ether oxygens (including phenoxy) is 2. The molecular weight excluding hydrogens is 412 g/mol. The van der Waals surface area contributed by atoms with E-state index in [1.165, 1.54) is 0 Å². The minimum absolute atomic E-state index is 0.175. The third-order valence-corrected chi connectivity index (χ3v) is 5.07. The molecule has 0 saturated heterocycles. The molecule has 8 heteroatoms. The molecule has 31 heavy (non-hydrogen) atoms. The van der Waals surface area contributed by atoms with Gasteiger partial charge in [-0.05, 0) is 42.5 Å². The Kier molecular flexibility index (Phi) is 7.91. The van der Waals surface area contributed by atoms with E-state index in [9.17, 15) is 4.79 Å². The van der Waals surface area contributed by atoms with Crippen molar-refractivity contribution in [1.29, 1.82) is 0 Å². The zero-order valence-corrected chi connectivity index (χ0v) is 18.4. The molecule has 0 unspecified atom stereocenters. The highest BCUT2D eigenvalue weighted by atomic mass is 32.1. The molecule has 4 aromatic rings. The van der Waals surface area contributed by atoms with Gasteiger partial charge in [0.05, 0.1) is 10.2 Å². The lowest BCUT2D eigenvalue weighted by atomic mass is 10.2. The Morgan fingerprint density at radius 2 is 1.81 bits per heavy atom. The molecule has 0 aliphatic heterocycles. The summed E-state index contributed by atoms with van der Waals surface area (Å²) < 4.78 is 11.2. The van der Waals surface area contributed by atoms with Crippen molar-refractivity contribution in [1.82, 2.24) is 9.97 Å². The topological polar surface area (TPSA) is 85.4 Å². The van der Waals surface area contributed by atoms with Crippen molar-refractivity contribution in [3.05, 3.63) is 67.0 Å². The van der Waals surface area contributed by atoms with E-state index in [4.69, 9.17) is 9.47 Å². The van der Waals surface area contributed by atoms with Gasteiger partial charge < -0.3 is 20.1 Å². The minimum atomic E-state index is -0.332. The summed E-state index contributed by atoms with van der Waals surface area (Å²) in [6.45, 7) is 4.18. The van der Waals surface area contributed by atoms with E-state index in [1.807, 2.05) is 44.2 Å². The number of pyridine rings is 1. The van der Waals surface area contributed by atoms with Crippen molar-refractivity contribution >= 4 is 39.0 Å². The maximum atomic E-state index is 12.3. The molecule has 2 heterocycles. The number of nitrogens with zero attached hydrogens (tertiary/aromatic N) is 2. The van der Waals surface area contributed by atoms with Gasteiger partial charge in [-0.25, -0.2) is 9.78 Å². The summed E-state index contributed by atoms with van der Waals surface area (Å²) >= 11 is 1.56. The average Bonchev–Trinajstić information content (AvgIpc) is 3.24. The van der Waals surface area contributed by atoms with Gasteiger partial charge in [-0.2, -0.15) is 0 Å². The standard InChI is InChI=1S/C21H18N4O3S.C2H6/c1-27-13-28-17-7-5-15(6-8-17)23-21(26)24-16-4-2-3-14(11-16)20-25-18-9-10-22-12-19(18)29-20;1-2/h2-12H,13H2,1H3,(H2,23,24,26);1-2H3. The van der Waals surface area contributed by atoms with E-state index in [1.54, 1.807) is 55.1 Å². The van der Waals surface area contributed by atoms with Gasteiger partial charge >= 0.3 is 6.03 Å². The first-order valence-electron chi connectivity index (χ1n) is 9.82. The number of hydrogen-bond donors (Lipinski definition) is 2. The lowest BCUT2D eigenvalue weighted by Crippen LogP contribution is -2.19. The van der Waals surface area contributed by atoms with Gasteiger partial charge in [-0.3, -0.25) is 4.98 Å². The number of anilines is 2. The summed E-state index contributed by atoms with van der Waals surface area (Å²) in [6, 6.07) is 16.2. The number of thiazole rings is 1. The number of benzene rings is 2. The first kappa shape index (κ1) is 22.2. The van der Waals surface area contributed by atoms with Gasteiger partial charge in [0.2, 0.25) is 0 Å². The largest absolute Gasteiger partial charge is 0.468 e. The first-order chi connectivity index (χ1) is 15.2. The number of amides is 2. The quantitative estimate of drug-likeness (QED) is 0.362. The molecule has 0 radical (unpaired) electrons. The third-order valence-electron chi connectivity index (χ3n) is 4.01. The zero-order valence-electron chi connectivity index (χ0n) is 17.6. The van der Waals surface area contributed by atoms with Crippen molar-refractivity contribution in [2.24, 2.45) is 0 Å². The van der Waals surface area contributed by atoms with Crippen LogP contribution in [0.2, 0.25) is 0 Å². The maximum Gasteiger partial charge on any atom is 0.323 e. The molecule has 0 fully saturated rings. The van der Waals surface area contributed by atoms with Crippen LogP contribution in [-0.4, -0.2) is 29.9 Å². The SMILES string of the molecule is CC.COCOc1ccc(NC(=O)Nc2cccc(-c3nc4ccncc4s3)c2)cc1. The molecule has 2 aromatic heterocycles. The smallest absolute Gasteiger partial charge is 0.323 e. The van der Waals surface area contributed by atoms with E-state index in [-0.39, 0.29) is 12.8 Å². The van der Waals surface area contributed by atoms with Crippen molar-refractivity contribution in [3.8, 4) is 16.3 Å². The fourth-order valence-electron chi connectivity index (χ4n) is 2.69. The Hall–Kier alpha value is -3.49. The molecule has 7 nitrogen and oxygen atoms in total. The molecule has 0 aliphatic rings. The summed E-state index contributed by atoms with van der Waals surface area (Å²) in [5, 5.41) is 6.52. The van der Waals surface area contributed by atoms with Gasteiger partial charge in [0.25, 0.3) is 0 Å². The number of carbonyl (C=O) groups excluding carboxylic acids is 1. The highest BCUT2D eigenvalue weighted by molar-refractivity contribution is 7.21. The Bertz CT molecular complexity index is 1100. The van der Waals surface area contributed by atoms with Crippen LogP contribution in [0.15, 0.2) is 67.0 Å². The summed E-state index contributed by atoms with van der Waals surface area (Å²) in [5.74, 6) is 0.663. The summed E-state index contributed by atoms with van der Waals surface area (Å²) in [6.07, 6.45) is 3.53. The molecule has 0 aliphatic carbocycles. The van der Waals surface area contributed by atoms with Crippen LogP contribution in [0.3, 0.4) is 0 Å². The second kappa shape index (κ2) is 11.1. The number of fused-ring (bicyclic) bond motifs is 1. The van der Waals surface area contributed by atoms with Crippen LogP contribution < -0.4 is 15.4 Å². The summed E-state index contributed by atoms with van der Waals surface area (Å²) in [5.41, 5.74) is 3.18. The van der Waals surface area contributed by atoms with E-state index in [0.29, 0.717) is 17.1 Å². The van der Waals surface area contributed by atoms with Crippen LogP contribution in [0.5, 0.6) is 5.75 Å². The Morgan fingerprint density at radius 3 is 2.55 bits per heavy atom. The number of urea groups is 1. The van der Waals surface area contributed by atoms with Crippen molar-refractivity contribution in [2.75, 3.05) is 24.5 Å². The van der Waals surface area contributed by atoms with Crippen LogP contribution >= 0.6 is 11.3 Å². The molecule has 2 N–H and O–H groups in total. The van der Waals surface area contributed by atoms with Gasteiger partial charge in [-0.1, -0.05) is 26.0 Å². The monoisotopic (exact) mass is 436 g/mol. The molecule has 0 atom stereocenters. The Morgan fingerprint density at radius 1 is 1.03 bits per heavy atom. The molecule has 2 aromatic carbocycles. The number of aromatic nitrogens is 2. The average molecular weight is 437 g/mol. The molecule has 0 bridgehead atoms. The number of rotatable bonds is 6. The lowest BCUT2D eigenvalue weighted by Gasteiger charge is -2.09. The number of nitrogens with one attached hydrogen (secondary N) is 2. The fraction of sp³-hybridized carbons (Fsp3) is 0.174. The first-order valence-corrected chi connectivity index (χ1v) is 10.6. The second-order valence-corrected chi connectivity index (χ2v) is 7.13. The van der Waals surface area contributed by atoms with Crippen LogP contribution in [0.1, 0.15) is 13.8 Å².